The van der Waals surface area contributed by atoms with Gasteiger partial charge in [0.25, 0.3) is 0 Å². The highest BCUT2D eigenvalue weighted by atomic mass is 35.5. The molecule has 1 aromatic heterocycles. The second kappa shape index (κ2) is 6.50. The normalized spacial score (nSPS) is 18.9. The molecule has 1 saturated heterocycles. The summed E-state index contributed by atoms with van der Waals surface area (Å²) in [4.78, 5) is 9.27. The minimum absolute atomic E-state index is 0.103. The number of aromatic nitrogens is 1. The highest BCUT2D eigenvalue weighted by Crippen LogP contribution is 2.44. The summed E-state index contributed by atoms with van der Waals surface area (Å²) in [5, 5.41) is 15.0. The summed E-state index contributed by atoms with van der Waals surface area (Å²) >= 11 is 6.59. The maximum absolute atomic E-state index is 14.4. The number of likely N-dealkylation sites (N-methyl/N-ethyl adjacent to an activating group) is 1. The first-order chi connectivity index (χ1) is 13.5. The van der Waals surface area contributed by atoms with Gasteiger partial charge in [-0.2, -0.15) is 0 Å². The predicted octanol–water partition coefficient (Wildman–Crippen LogP) is 3.63. The topological polar surface area (TPSA) is 51.6 Å². The number of piperazine rings is 1. The number of hydrogen-bond donors (Lipinski definition) is 2. The van der Waals surface area contributed by atoms with Gasteiger partial charge in [-0.15, -0.1) is 0 Å². The smallest absolute Gasteiger partial charge is 0.134 e. The first kappa shape index (κ1) is 17.5. The van der Waals surface area contributed by atoms with Gasteiger partial charge in [-0.05, 0) is 24.3 Å². The van der Waals surface area contributed by atoms with Crippen molar-refractivity contribution in [1.82, 2.24) is 10.3 Å². The molecular formula is C21H20ClFN4O. The molecule has 2 N–H and O–H groups in total. The van der Waals surface area contributed by atoms with Crippen LogP contribution in [0.15, 0.2) is 36.5 Å². The molecular weight excluding hydrogens is 379 g/mol. The summed E-state index contributed by atoms with van der Waals surface area (Å²) in [5.74, 6) is -0.651. The molecule has 5 rings (SSSR count). The van der Waals surface area contributed by atoms with Crippen LogP contribution >= 0.6 is 11.6 Å². The van der Waals surface area contributed by atoms with Crippen LogP contribution in [0.25, 0.3) is 22.0 Å². The number of pyridine rings is 1. The van der Waals surface area contributed by atoms with E-state index in [1.807, 2.05) is 12.3 Å². The number of phenols is 1. The predicted molar refractivity (Wildman–Crippen MR) is 111 cm³/mol. The van der Waals surface area contributed by atoms with Gasteiger partial charge >= 0.3 is 0 Å². The zero-order chi connectivity index (χ0) is 19.4. The minimum atomic E-state index is -0.513. The average Bonchev–Trinajstić information content (AvgIpc) is 2.68. The quantitative estimate of drug-likeness (QED) is 0.655. The van der Waals surface area contributed by atoms with Crippen LogP contribution in [0.4, 0.5) is 15.8 Å². The van der Waals surface area contributed by atoms with Gasteiger partial charge in [-0.3, -0.25) is 4.98 Å². The molecule has 0 unspecified atom stereocenters. The summed E-state index contributed by atoms with van der Waals surface area (Å²) in [5.41, 5.74) is 3.47. The second-order valence-corrected chi connectivity index (χ2v) is 7.81. The van der Waals surface area contributed by atoms with Crippen molar-refractivity contribution in [3.63, 3.8) is 0 Å². The number of rotatable bonds is 1. The van der Waals surface area contributed by atoms with Crippen LogP contribution in [0, 0.1) is 5.82 Å². The highest BCUT2D eigenvalue weighted by Gasteiger charge is 2.33. The third kappa shape index (κ3) is 2.59. The number of phenolic OH excluding ortho intramolecular Hbond substituents is 1. The van der Waals surface area contributed by atoms with Gasteiger partial charge in [0.05, 0.1) is 34.7 Å². The number of fused-ring (bicyclic) bond motifs is 5. The van der Waals surface area contributed by atoms with E-state index in [0.717, 1.165) is 48.5 Å². The lowest BCUT2D eigenvalue weighted by Gasteiger charge is -2.46. The maximum Gasteiger partial charge on any atom is 0.134 e. The highest BCUT2D eigenvalue weighted by molar-refractivity contribution is 6.34. The van der Waals surface area contributed by atoms with E-state index < -0.39 is 5.82 Å². The van der Waals surface area contributed by atoms with Crippen LogP contribution in [0.1, 0.15) is 0 Å². The van der Waals surface area contributed by atoms with Crippen LogP contribution in [-0.4, -0.2) is 49.4 Å². The fraction of sp³-hybridized carbons (Fsp3) is 0.286. The summed E-state index contributed by atoms with van der Waals surface area (Å²) in [7, 11) is 2.08. The molecule has 0 spiro atoms. The zero-order valence-corrected chi connectivity index (χ0v) is 16.2. The number of halogens is 2. The molecule has 3 aromatic rings. The summed E-state index contributed by atoms with van der Waals surface area (Å²) < 4.78 is 14.4. The number of anilines is 2. The molecule has 1 fully saturated rings. The zero-order valence-electron chi connectivity index (χ0n) is 15.4. The van der Waals surface area contributed by atoms with Crippen molar-refractivity contribution in [1.29, 1.82) is 0 Å². The molecule has 144 valence electrons. The van der Waals surface area contributed by atoms with Gasteiger partial charge in [-0.25, -0.2) is 4.39 Å². The molecule has 3 heterocycles. The molecule has 7 heteroatoms. The number of nitrogens with one attached hydrogen (secondary N) is 1. The second-order valence-electron chi connectivity index (χ2n) is 7.41. The number of benzene rings is 2. The summed E-state index contributed by atoms with van der Waals surface area (Å²) in [6.07, 6.45) is 1.87. The molecule has 0 amide bonds. The number of hydrogen-bond acceptors (Lipinski definition) is 5. The first-order valence-electron chi connectivity index (χ1n) is 9.33. The summed E-state index contributed by atoms with van der Waals surface area (Å²) in [6.45, 7) is 3.71. The Morgan fingerprint density at radius 1 is 1.32 bits per heavy atom. The van der Waals surface area contributed by atoms with E-state index >= 15 is 0 Å². The van der Waals surface area contributed by atoms with Crippen molar-refractivity contribution < 1.29 is 9.50 Å². The van der Waals surface area contributed by atoms with Gasteiger partial charge in [-0.1, -0.05) is 17.7 Å². The molecule has 2 aliphatic heterocycles. The Bertz CT molecular complexity index is 1070. The van der Waals surface area contributed by atoms with E-state index in [0.29, 0.717) is 16.6 Å². The van der Waals surface area contributed by atoms with Crippen LogP contribution < -0.4 is 15.1 Å². The largest absolute Gasteiger partial charge is 0.507 e. The molecule has 0 saturated carbocycles. The monoisotopic (exact) mass is 398 g/mol. The molecule has 0 bridgehead atoms. The van der Waals surface area contributed by atoms with Crippen molar-refractivity contribution in [3.05, 3.63) is 47.4 Å². The Hall–Kier alpha value is -2.57. The fourth-order valence-electron chi connectivity index (χ4n) is 4.37. The van der Waals surface area contributed by atoms with Gasteiger partial charge in [0, 0.05) is 49.2 Å². The Balaban J connectivity index is 1.75. The van der Waals surface area contributed by atoms with Gasteiger partial charge in [0.1, 0.15) is 11.6 Å². The van der Waals surface area contributed by atoms with Crippen LogP contribution in [0.5, 0.6) is 5.75 Å². The lowest BCUT2D eigenvalue weighted by atomic mass is 9.98. The Kier molecular flexibility index (Phi) is 4.07. The molecule has 2 aromatic carbocycles. The standard InChI is InChI=1S/C21H20ClFN4O/c1-26-11-12-9-24-5-6-27(12)21-14-7-15(22)13(8-17(14)25-10-18(21)26)20-16(23)3-2-4-19(20)28/h2-4,7-8,10,12,24,28H,5-6,9,11H2,1H3/t12-/m1/s1. The number of aromatic hydroxyl groups is 1. The van der Waals surface area contributed by atoms with Crippen molar-refractivity contribution >= 4 is 33.9 Å². The van der Waals surface area contributed by atoms with E-state index in [9.17, 15) is 9.50 Å². The number of nitrogens with zero attached hydrogens (tertiary/aromatic N) is 3. The van der Waals surface area contributed by atoms with Crippen molar-refractivity contribution in [2.75, 3.05) is 43.0 Å². The van der Waals surface area contributed by atoms with E-state index in [4.69, 9.17) is 11.6 Å². The molecule has 5 nitrogen and oxygen atoms in total. The minimum Gasteiger partial charge on any atom is -0.507 e. The van der Waals surface area contributed by atoms with Gasteiger partial charge in [0.15, 0.2) is 0 Å². The molecule has 0 radical (unpaired) electrons. The Labute approximate surface area is 167 Å². The van der Waals surface area contributed by atoms with Gasteiger partial charge in [0.2, 0.25) is 0 Å². The fourth-order valence-corrected chi connectivity index (χ4v) is 4.63. The first-order valence-corrected chi connectivity index (χ1v) is 9.71. The SMILES string of the molecule is CN1C[C@H]2CNCCN2c2c1cnc1cc(-c3c(O)cccc3F)c(Cl)cc21. The van der Waals surface area contributed by atoms with E-state index in [1.54, 1.807) is 6.07 Å². The van der Waals surface area contributed by atoms with E-state index in [2.05, 4.69) is 27.1 Å². The van der Waals surface area contributed by atoms with Crippen LogP contribution in [0.2, 0.25) is 5.02 Å². The van der Waals surface area contributed by atoms with E-state index in [-0.39, 0.29) is 11.3 Å². The maximum atomic E-state index is 14.4. The Morgan fingerprint density at radius 3 is 3.00 bits per heavy atom. The average molecular weight is 399 g/mol. The third-order valence-corrected chi connectivity index (χ3v) is 6.02. The lowest BCUT2D eigenvalue weighted by molar-refractivity contribution is 0.467. The molecule has 2 aliphatic rings. The van der Waals surface area contributed by atoms with Crippen molar-refractivity contribution in [3.8, 4) is 16.9 Å². The van der Waals surface area contributed by atoms with Crippen LogP contribution in [0.3, 0.4) is 0 Å². The third-order valence-electron chi connectivity index (χ3n) is 5.70. The molecule has 28 heavy (non-hydrogen) atoms. The Morgan fingerprint density at radius 2 is 2.18 bits per heavy atom. The van der Waals surface area contributed by atoms with Crippen molar-refractivity contribution in [2.24, 2.45) is 0 Å². The lowest BCUT2D eigenvalue weighted by Crippen LogP contribution is -2.58. The summed E-state index contributed by atoms with van der Waals surface area (Å²) in [6, 6.07) is 8.24. The molecule has 0 aliphatic carbocycles. The van der Waals surface area contributed by atoms with Gasteiger partial charge < -0.3 is 20.2 Å². The van der Waals surface area contributed by atoms with E-state index in [1.165, 1.54) is 18.2 Å². The molecule has 1 atom stereocenters. The van der Waals surface area contributed by atoms with Crippen molar-refractivity contribution in [2.45, 2.75) is 6.04 Å². The van der Waals surface area contributed by atoms with Crippen LogP contribution in [-0.2, 0) is 0 Å².